The maximum absolute atomic E-state index is 11.9. The van der Waals surface area contributed by atoms with E-state index in [1.54, 1.807) is 22.9 Å². The van der Waals surface area contributed by atoms with E-state index in [0.29, 0.717) is 0 Å². The average molecular weight is 334 g/mol. The van der Waals surface area contributed by atoms with Crippen molar-refractivity contribution in [1.29, 1.82) is 0 Å². The number of fused-ring (bicyclic) bond motifs is 1. The van der Waals surface area contributed by atoms with Crippen molar-refractivity contribution in [2.45, 2.75) is 6.04 Å². The Morgan fingerprint density at radius 3 is 2.52 bits per heavy atom. The maximum Gasteiger partial charge on any atom is 0.335 e. The summed E-state index contributed by atoms with van der Waals surface area (Å²) >= 11 is 1.83. The fourth-order valence-corrected chi connectivity index (χ4v) is 4.02. The van der Waals surface area contributed by atoms with Gasteiger partial charge in [0.1, 0.15) is 6.04 Å². The molecule has 0 saturated carbocycles. The van der Waals surface area contributed by atoms with Gasteiger partial charge in [-0.2, -0.15) is 11.8 Å². The summed E-state index contributed by atoms with van der Waals surface area (Å²) in [5.41, 5.74) is 1.66. The summed E-state index contributed by atoms with van der Waals surface area (Å²) in [6.45, 7) is 1.48. The summed E-state index contributed by atoms with van der Waals surface area (Å²) in [5, 5.41) is 19.7. The summed E-state index contributed by atoms with van der Waals surface area (Å²) in [6.07, 6.45) is 1.80. The highest BCUT2D eigenvalue weighted by atomic mass is 32.2. The van der Waals surface area contributed by atoms with Gasteiger partial charge in [0.05, 0.1) is 5.56 Å². The van der Waals surface area contributed by atoms with Gasteiger partial charge in [-0.25, -0.2) is 4.79 Å². The van der Waals surface area contributed by atoms with Crippen LogP contribution in [0.5, 0.6) is 0 Å². The highest BCUT2D eigenvalue weighted by molar-refractivity contribution is 7.99. The lowest BCUT2D eigenvalue weighted by Gasteiger charge is -2.31. The van der Waals surface area contributed by atoms with Gasteiger partial charge in [-0.15, -0.1) is 0 Å². The molecular formula is C16H18N2O4S. The van der Waals surface area contributed by atoms with Crippen LogP contribution in [0.4, 0.5) is 0 Å². The second kappa shape index (κ2) is 6.25. The summed E-state index contributed by atoms with van der Waals surface area (Å²) in [4.78, 5) is 25.0. The first-order valence-corrected chi connectivity index (χ1v) is 8.51. The van der Waals surface area contributed by atoms with Crippen LogP contribution in [-0.2, 0) is 11.8 Å². The monoisotopic (exact) mass is 334 g/mol. The highest BCUT2D eigenvalue weighted by Crippen LogP contribution is 2.32. The SMILES string of the molecule is Cn1cc([C@@H](C(=O)O)N2CCSCC2)c2ccc(C(=O)O)cc21. The number of rotatable bonds is 4. The molecule has 0 radical (unpaired) electrons. The van der Waals surface area contributed by atoms with Crippen molar-refractivity contribution in [3.05, 3.63) is 35.5 Å². The number of aliphatic carboxylic acids is 1. The molecule has 0 spiro atoms. The van der Waals surface area contributed by atoms with Crippen LogP contribution >= 0.6 is 11.8 Å². The van der Waals surface area contributed by atoms with E-state index in [4.69, 9.17) is 5.11 Å². The molecule has 1 atom stereocenters. The number of hydrogen-bond donors (Lipinski definition) is 2. The molecule has 0 aliphatic carbocycles. The molecule has 2 aromatic rings. The van der Waals surface area contributed by atoms with Gasteiger partial charge in [0, 0.05) is 54.3 Å². The Kier molecular flexibility index (Phi) is 4.32. The van der Waals surface area contributed by atoms with Gasteiger partial charge < -0.3 is 14.8 Å². The minimum Gasteiger partial charge on any atom is -0.480 e. The quantitative estimate of drug-likeness (QED) is 0.890. The highest BCUT2D eigenvalue weighted by Gasteiger charge is 2.31. The van der Waals surface area contributed by atoms with Gasteiger partial charge in [-0.1, -0.05) is 6.07 Å². The van der Waals surface area contributed by atoms with Crippen LogP contribution in [0.2, 0.25) is 0 Å². The number of carboxylic acid groups (broad SMARTS) is 2. The molecule has 1 aliphatic heterocycles. The van der Waals surface area contributed by atoms with Gasteiger partial charge in [-0.05, 0) is 12.1 Å². The number of carbonyl (C=O) groups is 2. The molecule has 1 aromatic carbocycles. The zero-order valence-electron chi connectivity index (χ0n) is 12.7. The van der Waals surface area contributed by atoms with E-state index < -0.39 is 18.0 Å². The molecule has 1 aromatic heterocycles. The molecule has 7 heteroatoms. The van der Waals surface area contributed by atoms with Crippen LogP contribution in [0.3, 0.4) is 0 Å². The predicted molar refractivity (Wildman–Crippen MR) is 89.2 cm³/mol. The van der Waals surface area contributed by atoms with Crippen molar-refractivity contribution in [2.75, 3.05) is 24.6 Å². The second-order valence-electron chi connectivity index (χ2n) is 5.62. The number of nitrogens with zero attached hydrogens (tertiary/aromatic N) is 2. The molecule has 6 nitrogen and oxygen atoms in total. The van der Waals surface area contributed by atoms with Crippen molar-refractivity contribution >= 4 is 34.6 Å². The van der Waals surface area contributed by atoms with Crippen molar-refractivity contribution in [3.8, 4) is 0 Å². The zero-order valence-corrected chi connectivity index (χ0v) is 13.5. The number of hydrogen-bond acceptors (Lipinski definition) is 4. The minimum atomic E-state index is -0.988. The fourth-order valence-electron chi connectivity index (χ4n) is 3.09. The van der Waals surface area contributed by atoms with Crippen molar-refractivity contribution in [3.63, 3.8) is 0 Å². The molecule has 1 fully saturated rings. The van der Waals surface area contributed by atoms with Crippen molar-refractivity contribution in [1.82, 2.24) is 9.47 Å². The molecule has 2 N–H and O–H groups in total. The van der Waals surface area contributed by atoms with Gasteiger partial charge in [0.2, 0.25) is 0 Å². The van der Waals surface area contributed by atoms with E-state index in [1.165, 1.54) is 6.07 Å². The Morgan fingerprint density at radius 2 is 1.91 bits per heavy atom. The first-order valence-electron chi connectivity index (χ1n) is 7.36. The molecule has 0 bridgehead atoms. The minimum absolute atomic E-state index is 0.200. The van der Waals surface area contributed by atoms with Crippen LogP contribution in [0.1, 0.15) is 22.0 Å². The van der Waals surface area contributed by atoms with Crippen LogP contribution in [0.25, 0.3) is 10.9 Å². The summed E-state index contributed by atoms with van der Waals surface area (Å²) in [7, 11) is 1.81. The Labute approximate surface area is 137 Å². The Hall–Kier alpha value is -1.99. The largest absolute Gasteiger partial charge is 0.480 e. The van der Waals surface area contributed by atoms with E-state index in [-0.39, 0.29) is 5.56 Å². The number of carboxylic acids is 2. The summed E-state index contributed by atoms with van der Waals surface area (Å²) in [5.74, 6) is -0.000657. The third-order valence-corrected chi connectivity index (χ3v) is 5.15. The van der Waals surface area contributed by atoms with E-state index in [9.17, 15) is 14.7 Å². The van der Waals surface area contributed by atoms with Gasteiger partial charge in [0.15, 0.2) is 0 Å². The molecule has 2 heterocycles. The third-order valence-electron chi connectivity index (χ3n) is 4.21. The maximum atomic E-state index is 11.9. The number of aromatic nitrogens is 1. The molecule has 0 unspecified atom stereocenters. The normalized spacial score (nSPS) is 17.3. The smallest absolute Gasteiger partial charge is 0.335 e. The van der Waals surface area contributed by atoms with E-state index in [2.05, 4.69) is 0 Å². The van der Waals surface area contributed by atoms with Crippen LogP contribution in [0, 0.1) is 0 Å². The first-order chi connectivity index (χ1) is 11.0. The van der Waals surface area contributed by atoms with Crippen LogP contribution in [0.15, 0.2) is 24.4 Å². The lowest BCUT2D eigenvalue weighted by molar-refractivity contribution is -0.143. The van der Waals surface area contributed by atoms with Crippen molar-refractivity contribution in [2.24, 2.45) is 7.05 Å². The lowest BCUT2D eigenvalue weighted by atomic mass is 10.0. The van der Waals surface area contributed by atoms with Gasteiger partial charge in [0.25, 0.3) is 0 Å². The third kappa shape index (κ3) is 2.94. The molecule has 3 rings (SSSR count). The molecule has 1 saturated heterocycles. The van der Waals surface area contributed by atoms with Crippen molar-refractivity contribution < 1.29 is 19.8 Å². The number of aromatic carboxylic acids is 1. The van der Waals surface area contributed by atoms with Gasteiger partial charge in [-0.3, -0.25) is 9.69 Å². The Morgan fingerprint density at radius 1 is 1.22 bits per heavy atom. The standard InChI is InChI=1S/C16H18N2O4S/c1-17-9-12(11-3-2-10(15(19)20)8-13(11)17)14(16(21)22)18-4-6-23-7-5-18/h2-3,8-9,14H,4-7H2,1H3,(H,19,20)(H,21,22)/t14-/m0/s1. The average Bonchev–Trinajstić information content (AvgIpc) is 2.85. The van der Waals surface area contributed by atoms with E-state index in [0.717, 1.165) is 41.1 Å². The zero-order chi connectivity index (χ0) is 16.6. The fraction of sp³-hybridized carbons (Fsp3) is 0.375. The predicted octanol–water partition coefficient (Wildman–Crippen LogP) is 2.05. The van der Waals surface area contributed by atoms with Crippen LogP contribution in [-0.4, -0.2) is 56.2 Å². The molecular weight excluding hydrogens is 316 g/mol. The van der Waals surface area contributed by atoms with E-state index >= 15 is 0 Å². The second-order valence-corrected chi connectivity index (χ2v) is 6.85. The topological polar surface area (TPSA) is 82.8 Å². The Bertz CT molecular complexity index is 765. The van der Waals surface area contributed by atoms with Crippen LogP contribution < -0.4 is 0 Å². The summed E-state index contributed by atoms with van der Waals surface area (Å²) < 4.78 is 1.80. The molecule has 122 valence electrons. The lowest BCUT2D eigenvalue weighted by Crippen LogP contribution is -2.39. The number of aryl methyl sites for hydroxylation is 1. The first kappa shape index (κ1) is 15.9. The van der Waals surface area contributed by atoms with Gasteiger partial charge >= 0.3 is 11.9 Å². The number of thioether (sulfide) groups is 1. The Balaban J connectivity index is 2.09. The number of benzene rings is 1. The summed E-state index contributed by atoms with van der Waals surface area (Å²) in [6, 6.07) is 4.13. The molecule has 23 heavy (non-hydrogen) atoms. The molecule has 0 amide bonds. The molecule has 1 aliphatic rings. The van der Waals surface area contributed by atoms with E-state index in [1.807, 2.05) is 23.7 Å².